The highest BCUT2D eigenvalue weighted by Gasteiger charge is 2.17. The predicted octanol–water partition coefficient (Wildman–Crippen LogP) is 3.90. The van der Waals surface area contributed by atoms with Crippen LogP contribution in [0.15, 0.2) is 48.5 Å². The predicted molar refractivity (Wildman–Crippen MR) is 110 cm³/mol. The second-order valence-electron chi connectivity index (χ2n) is 6.55. The molecule has 0 aliphatic rings. The third kappa shape index (κ3) is 2.99. The first kappa shape index (κ1) is 18.3. The molecule has 0 saturated heterocycles. The minimum Gasteiger partial charge on any atom is -0.495 e. The van der Waals surface area contributed by atoms with Gasteiger partial charge in [-0.05, 0) is 53.6 Å². The quantitative estimate of drug-likeness (QED) is 0.540. The summed E-state index contributed by atoms with van der Waals surface area (Å²) in [7, 11) is 1.57. The molecule has 141 valence electrons. The van der Waals surface area contributed by atoms with Gasteiger partial charge in [0.15, 0.2) is 0 Å². The number of hydrogen-bond acceptors (Lipinski definition) is 3. The molecule has 1 aromatic heterocycles. The number of ether oxygens (including phenoxy) is 1. The lowest BCUT2D eigenvalue weighted by Gasteiger charge is -2.10. The van der Waals surface area contributed by atoms with Gasteiger partial charge in [0.25, 0.3) is 0 Å². The third-order valence-electron chi connectivity index (χ3n) is 4.86. The van der Waals surface area contributed by atoms with Gasteiger partial charge < -0.3 is 20.1 Å². The molecule has 0 atom stereocenters. The zero-order valence-corrected chi connectivity index (χ0v) is 16.0. The number of aliphatic hydroxyl groups excluding tert-OH is 1. The van der Waals surface area contributed by atoms with Gasteiger partial charge >= 0.3 is 0 Å². The van der Waals surface area contributed by atoms with Gasteiger partial charge in [-0.2, -0.15) is 0 Å². The van der Waals surface area contributed by atoms with E-state index < -0.39 is 5.91 Å². The lowest BCUT2D eigenvalue weighted by molar-refractivity contribution is 0.100. The van der Waals surface area contributed by atoms with Gasteiger partial charge in [-0.25, -0.2) is 0 Å². The Morgan fingerprint density at radius 2 is 2.04 bits per heavy atom. The summed E-state index contributed by atoms with van der Waals surface area (Å²) in [6, 6.07) is 17.9. The lowest BCUT2D eigenvalue weighted by atomic mass is 10.0. The number of fused-ring (bicyclic) bond motifs is 3. The molecule has 1 amide bonds. The monoisotopic (exact) mass is 393 g/mol. The van der Waals surface area contributed by atoms with Crippen molar-refractivity contribution in [2.75, 3.05) is 7.11 Å². The maximum atomic E-state index is 12.0. The second-order valence-corrected chi connectivity index (χ2v) is 6.95. The first-order chi connectivity index (χ1) is 13.5. The molecule has 6 heteroatoms. The standard InChI is InChI=1S/C22H18ClN2O3/c1-28-20-8-6-13(9-17(20)23)11-25-18-4-2-3-16(22(24)27)21(18)15-7-5-14(12-26)10-19(15)25/h2-6,8-10,26H,11-12H2,1H3,(H2,24,27). The summed E-state index contributed by atoms with van der Waals surface area (Å²) in [5.74, 6) is 0.122. The van der Waals surface area contributed by atoms with E-state index in [0.717, 1.165) is 32.9 Å². The third-order valence-corrected chi connectivity index (χ3v) is 5.15. The van der Waals surface area contributed by atoms with Crippen LogP contribution in [0.4, 0.5) is 0 Å². The fourth-order valence-electron chi connectivity index (χ4n) is 3.56. The molecule has 0 aliphatic heterocycles. The molecule has 28 heavy (non-hydrogen) atoms. The van der Waals surface area contributed by atoms with Gasteiger partial charge in [-0.3, -0.25) is 4.79 Å². The van der Waals surface area contributed by atoms with Crippen LogP contribution < -0.4 is 10.5 Å². The molecule has 3 N–H and O–H groups in total. The van der Waals surface area contributed by atoms with E-state index in [1.807, 2.05) is 36.4 Å². The minimum atomic E-state index is -0.489. The number of aliphatic hydroxyl groups is 1. The Morgan fingerprint density at radius 1 is 1.21 bits per heavy atom. The number of rotatable bonds is 5. The minimum absolute atomic E-state index is 0.0923. The molecule has 4 rings (SSSR count). The number of primary amides is 1. The Labute approximate surface area is 166 Å². The Hall–Kier alpha value is -3.02. The first-order valence-electron chi connectivity index (χ1n) is 8.72. The van der Waals surface area contributed by atoms with Crippen LogP contribution in [0.1, 0.15) is 21.5 Å². The van der Waals surface area contributed by atoms with Crippen molar-refractivity contribution in [2.45, 2.75) is 13.2 Å². The summed E-state index contributed by atoms with van der Waals surface area (Å²) in [6.45, 7) is 0.430. The number of hydrogen-bond donors (Lipinski definition) is 2. The van der Waals surface area contributed by atoms with Crippen molar-refractivity contribution >= 4 is 39.3 Å². The van der Waals surface area contributed by atoms with Crippen molar-refractivity contribution in [1.82, 2.24) is 4.57 Å². The highest BCUT2D eigenvalue weighted by molar-refractivity contribution is 6.32. The van der Waals surface area contributed by atoms with Gasteiger partial charge in [0.1, 0.15) is 5.75 Å². The number of amides is 1. The van der Waals surface area contributed by atoms with E-state index >= 15 is 0 Å². The molecule has 1 radical (unpaired) electrons. The smallest absolute Gasteiger partial charge is 0.249 e. The van der Waals surface area contributed by atoms with Gasteiger partial charge in [0, 0.05) is 22.9 Å². The average molecular weight is 394 g/mol. The van der Waals surface area contributed by atoms with Crippen LogP contribution in [0.25, 0.3) is 21.8 Å². The average Bonchev–Trinajstić information content (AvgIpc) is 3.01. The van der Waals surface area contributed by atoms with Crippen LogP contribution in [-0.2, 0) is 13.2 Å². The molecule has 0 fully saturated rings. The zero-order chi connectivity index (χ0) is 19.8. The first-order valence-corrected chi connectivity index (χ1v) is 9.10. The maximum Gasteiger partial charge on any atom is 0.249 e. The van der Waals surface area contributed by atoms with Crippen LogP contribution in [0.2, 0.25) is 5.02 Å². The van der Waals surface area contributed by atoms with Gasteiger partial charge in [-0.15, -0.1) is 0 Å². The number of nitrogens with two attached hydrogens (primary N) is 1. The summed E-state index contributed by atoms with van der Waals surface area (Å²) in [4.78, 5) is 12.0. The number of carbonyl (C=O) groups excluding carboxylic acids is 1. The molecule has 0 unspecified atom stereocenters. The second kappa shape index (κ2) is 7.19. The fraction of sp³-hybridized carbons (Fsp3) is 0.136. The molecule has 0 aliphatic carbocycles. The number of methoxy groups -OCH3 is 1. The highest BCUT2D eigenvalue weighted by atomic mass is 35.5. The summed E-state index contributed by atoms with van der Waals surface area (Å²) < 4.78 is 7.30. The summed E-state index contributed by atoms with van der Waals surface area (Å²) in [6.07, 6.45) is 0. The van der Waals surface area contributed by atoms with E-state index in [9.17, 15) is 9.90 Å². The number of aromatic nitrogens is 1. The Balaban J connectivity index is 1.98. The van der Waals surface area contributed by atoms with Crippen molar-refractivity contribution in [3.8, 4) is 5.75 Å². The molecular formula is C22H18ClN2O3. The topological polar surface area (TPSA) is 77.5 Å². The van der Waals surface area contributed by atoms with Crippen LogP contribution in [0.3, 0.4) is 0 Å². The van der Waals surface area contributed by atoms with Gasteiger partial charge in [0.2, 0.25) is 5.91 Å². The molecule has 4 aromatic rings. The largest absolute Gasteiger partial charge is 0.495 e. The SMILES string of the molecule is COc1ccc(Cn2c3cc(CO)c[c]c3c3c(C(N)=O)cccc32)cc1Cl. The van der Waals surface area contributed by atoms with E-state index in [1.165, 1.54) is 0 Å². The van der Waals surface area contributed by atoms with E-state index in [1.54, 1.807) is 19.2 Å². The molecule has 0 spiro atoms. The van der Waals surface area contributed by atoms with E-state index in [0.29, 0.717) is 22.9 Å². The van der Waals surface area contributed by atoms with E-state index in [4.69, 9.17) is 22.1 Å². The van der Waals surface area contributed by atoms with E-state index in [2.05, 4.69) is 10.6 Å². The molecule has 5 nitrogen and oxygen atoms in total. The zero-order valence-electron chi connectivity index (χ0n) is 15.2. The molecule has 3 aromatic carbocycles. The summed E-state index contributed by atoms with van der Waals surface area (Å²) >= 11 is 6.29. The van der Waals surface area contributed by atoms with Crippen LogP contribution >= 0.6 is 11.6 Å². The van der Waals surface area contributed by atoms with Crippen molar-refractivity contribution in [3.63, 3.8) is 0 Å². The number of benzene rings is 3. The van der Waals surface area contributed by atoms with Crippen molar-refractivity contribution in [2.24, 2.45) is 5.73 Å². The van der Waals surface area contributed by atoms with Gasteiger partial charge in [0.05, 0.1) is 29.8 Å². The Kier molecular flexibility index (Phi) is 4.71. The lowest BCUT2D eigenvalue weighted by Crippen LogP contribution is -2.11. The summed E-state index contributed by atoms with van der Waals surface area (Å²) in [5.41, 5.74) is 9.50. The number of carbonyl (C=O) groups is 1. The van der Waals surface area contributed by atoms with Gasteiger partial charge in [-0.1, -0.05) is 23.7 Å². The number of halogens is 1. The van der Waals surface area contributed by atoms with Crippen molar-refractivity contribution < 1.29 is 14.6 Å². The van der Waals surface area contributed by atoms with Crippen LogP contribution in [0.5, 0.6) is 5.75 Å². The van der Waals surface area contributed by atoms with Crippen molar-refractivity contribution in [3.05, 3.63) is 76.3 Å². The Morgan fingerprint density at radius 3 is 2.71 bits per heavy atom. The normalized spacial score (nSPS) is 11.2. The maximum absolute atomic E-state index is 12.0. The highest BCUT2D eigenvalue weighted by Crippen LogP contribution is 2.33. The molecular weight excluding hydrogens is 376 g/mol. The molecule has 1 heterocycles. The molecule has 0 bridgehead atoms. The molecule has 0 saturated carbocycles. The van der Waals surface area contributed by atoms with Crippen LogP contribution in [0, 0.1) is 6.07 Å². The van der Waals surface area contributed by atoms with Crippen LogP contribution in [-0.4, -0.2) is 22.7 Å². The summed E-state index contributed by atoms with van der Waals surface area (Å²) in [5, 5.41) is 11.6. The fourth-order valence-corrected chi connectivity index (χ4v) is 3.84. The Bertz CT molecular complexity index is 1210. The number of nitrogens with zero attached hydrogens (tertiary/aromatic N) is 1. The van der Waals surface area contributed by atoms with E-state index in [-0.39, 0.29) is 6.61 Å². The van der Waals surface area contributed by atoms with Crippen molar-refractivity contribution in [1.29, 1.82) is 0 Å².